The Labute approximate surface area is 148 Å². The van der Waals surface area contributed by atoms with E-state index in [9.17, 15) is 4.79 Å². The van der Waals surface area contributed by atoms with Crippen molar-refractivity contribution >= 4 is 32.6 Å². The molecule has 25 heavy (non-hydrogen) atoms. The fourth-order valence-corrected chi connectivity index (χ4v) is 3.50. The maximum atomic E-state index is 12.6. The Morgan fingerprint density at radius 3 is 2.80 bits per heavy atom. The van der Waals surface area contributed by atoms with Crippen LogP contribution >= 0.6 is 11.3 Å². The number of carbonyl (C=O) groups is 1. The van der Waals surface area contributed by atoms with E-state index in [-0.39, 0.29) is 5.91 Å². The highest BCUT2D eigenvalue weighted by Gasteiger charge is 2.18. The van der Waals surface area contributed by atoms with Crippen LogP contribution in [-0.2, 0) is 0 Å². The quantitative estimate of drug-likeness (QED) is 0.611. The van der Waals surface area contributed by atoms with Crippen LogP contribution in [0.2, 0.25) is 0 Å². The first-order valence-corrected chi connectivity index (χ1v) is 8.58. The standard InChI is InChI=1S/C18H15N5OS/c1-11-6-5-9-19-16(11)23-12(2)13(10-20-23)17(24)22-18-21-14-7-3-4-8-15(14)25-18/h3-10H,1-2H3,(H,21,22,24). The Hall–Kier alpha value is -3.06. The number of nitrogens with zero attached hydrogens (tertiary/aromatic N) is 4. The molecule has 0 saturated heterocycles. The van der Waals surface area contributed by atoms with Gasteiger partial charge in [0.2, 0.25) is 0 Å². The number of para-hydroxylation sites is 1. The number of aromatic nitrogens is 4. The minimum Gasteiger partial charge on any atom is -0.298 e. The third-order valence-corrected chi connectivity index (χ3v) is 4.90. The minimum atomic E-state index is -0.226. The van der Waals surface area contributed by atoms with Gasteiger partial charge in [0.15, 0.2) is 10.9 Å². The summed E-state index contributed by atoms with van der Waals surface area (Å²) < 4.78 is 2.72. The molecule has 3 aromatic heterocycles. The number of aryl methyl sites for hydroxylation is 1. The molecule has 4 rings (SSSR count). The Bertz CT molecular complexity index is 1050. The number of anilines is 1. The van der Waals surface area contributed by atoms with E-state index < -0.39 is 0 Å². The molecule has 0 aliphatic heterocycles. The van der Waals surface area contributed by atoms with Gasteiger partial charge in [-0.1, -0.05) is 29.5 Å². The van der Waals surface area contributed by atoms with Crippen molar-refractivity contribution in [3.63, 3.8) is 0 Å². The fraction of sp³-hybridized carbons (Fsp3) is 0.111. The number of amides is 1. The first-order valence-electron chi connectivity index (χ1n) is 7.77. The van der Waals surface area contributed by atoms with Crippen molar-refractivity contribution < 1.29 is 4.79 Å². The van der Waals surface area contributed by atoms with Crippen molar-refractivity contribution in [3.8, 4) is 5.82 Å². The molecule has 7 heteroatoms. The lowest BCUT2D eigenvalue weighted by Crippen LogP contribution is -2.13. The predicted molar refractivity (Wildman–Crippen MR) is 98.4 cm³/mol. The molecule has 0 unspecified atom stereocenters. The normalized spacial score (nSPS) is 11.0. The summed E-state index contributed by atoms with van der Waals surface area (Å²) >= 11 is 1.45. The number of fused-ring (bicyclic) bond motifs is 1. The van der Waals surface area contributed by atoms with Crippen LogP contribution in [0.4, 0.5) is 5.13 Å². The topological polar surface area (TPSA) is 72.7 Å². The number of rotatable bonds is 3. The summed E-state index contributed by atoms with van der Waals surface area (Å²) in [5.41, 5.74) is 3.11. The van der Waals surface area contributed by atoms with Gasteiger partial charge < -0.3 is 0 Å². The molecule has 124 valence electrons. The van der Waals surface area contributed by atoms with Gasteiger partial charge in [0.1, 0.15) is 0 Å². The number of nitrogens with one attached hydrogen (secondary N) is 1. The minimum absolute atomic E-state index is 0.226. The van der Waals surface area contributed by atoms with Gasteiger partial charge in [0.25, 0.3) is 5.91 Å². The Morgan fingerprint density at radius 1 is 1.16 bits per heavy atom. The molecule has 0 radical (unpaired) electrons. The number of carbonyl (C=O) groups excluding carboxylic acids is 1. The van der Waals surface area contributed by atoms with Crippen molar-refractivity contribution in [2.45, 2.75) is 13.8 Å². The molecule has 0 saturated carbocycles. The number of benzene rings is 1. The first kappa shape index (κ1) is 15.5. The zero-order chi connectivity index (χ0) is 17.4. The second-order valence-corrected chi connectivity index (χ2v) is 6.67. The molecule has 0 atom stereocenters. The highest BCUT2D eigenvalue weighted by Crippen LogP contribution is 2.26. The molecule has 0 bridgehead atoms. The molecule has 4 aromatic rings. The van der Waals surface area contributed by atoms with Gasteiger partial charge in [-0.3, -0.25) is 10.1 Å². The number of pyridine rings is 1. The van der Waals surface area contributed by atoms with Gasteiger partial charge in [0, 0.05) is 6.20 Å². The van der Waals surface area contributed by atoms with Crippen LogP contribution in [0.1, 0.15) is 21.6 Å². The van der Waals surface area contributed by atoms with E-state index in [2.05, 4.69) is 20.4 Å². The monoisotopic (exact) mass is 349 g/mol. The molecule has 0 spiro atoms. The summed E-state index contributed by atoms with van der Waals surface area (Å²) in [7, 11) is 0. The summed E-state index contributed by atoms with van der Waals surface area (Å²) in [6, 6.07) is 11.6. The summed E-state index contributed by atoms with van der Waals surface area (Å²) in [5, 5.41) is 7.77. The molecule has 3 heterocycles. The molecular weight excluding hydrogens is 334 g/mol. The Morgan fingerprint density at radius 2 is 2.00 bits per heavy atom. The van der Waals surface area contributed by atoms with E-state index >= 15 is 0 Å². The van der Waals surface area contributed by atoms with Crippen molar-refractivity contribution in [1.29, 1.82) is 0 Å². The van der Waals surface area contributed by atoms with Gasteiger partial charge in [-0.05, 0) is 37.6 Å². The largest absolute Gasteiger partial charge is 0.298 e. The van der Waals surface area contributed by atoms with Gasteiger partial charge in [-0.25, -0.2) is 14.6 Å². The molecule has 0 aliphatic rings. The van der Waals surface area contributed by atoms with Crippen molar-refractivity contribution in [3.05, 3.63) is 65.6 Å². The maximum Gasteiger partial charge on any atom is 0.260 e. The lowest BCUT2D eigenvalue weighted by atomic mass is 10.2. The van der Waals surface area contributed by atoms with Gasteiger partial charge >= 0.3 is 0 Å². The number of hydrogen-bond acceptors (Lipinski definition) is 5. The highest BCUT2D eigenvalue weighted by atomic mass is 32.1. The molecule has 1 N–H and O–H groups in total. The van der Waals surface area contributed by atoms with E-state index in [1.165, 1.54) is 11.3 Å². The SMILES string of the molecule is Cc1cccnc1-n1ncc(C(=O)Nc2nc3ccccc3s2)c1C. The zero-order valence-electron chi connectivity index (χ0n) is 13.7. The zero-order valence-corrected chi connectivity index (χ0v) is 14.5. The summed E-state index contributed by atoms with van der Waals surface area (Å²) in [6.07, 6.45) is 3.27. The number of hydrogen-bond donors (Lipinski definition) is 1. The lowest BCUT2D eigenvalue weighted by Gasteiger charge is -2.07. The van der Waals surface area contributed by atoms with Crippen LogP contribution in [0.15, 0.2) is 48.8 Å². The lowest BCUT2D eigenvalue weighted by molar-refractivity contribution is 0.102. The predicted octanol–water partition coefficient (Wildman–Crippen LogP) is 3.75. The smallest absolute Gasteiger partial charge is 0.260 e. The van der Waals surface area contributed by atoms with Crippen LogP contribution in [-0.4, -0.2) is 25.7 Å². The first-order chi connectivity index (χ1) is 12.1. The van der Waals surface area contributed by atoms with Crippen LogP contribution in [0.5, 0.6) is 0 Å². The van der Waals surface area contributed by atoms with Gasteiger partial charge in [-0.2, -0.15) is 5.10 Å². The molecule has 0 aliphatic carbocycles. The Balaban J connectivity index is 1.64. The van der Waals surface area contributed by atoms with E-state index in [1.807, 2.05) is 50.2 Å². The average molecular weight is 349 g/mol. The highest BCUT2D eigenvalue weighted by molar-refractivity contribution is 7.22. The average Bonchev–Trinajstić information content (AvgIpc) is 3.18. The van der Waals surface area contributed by atoms with Gasteiger partial charge in [-0.15, -0.1) is 0 Å². The molecule has 6 nitrogen and oxygen atoms in total. The van der Waals surface area contributed by atoms with E-state index in [4.69, 9.17) is 0 Å². The molecule has 1 aromatic carbocycles. The number of thiazole rings is 1. The van der Waals surface area contributed by atoms with E-state index in [0.717, 1.165) is 27.3 Å². The fourth-order valence-electron chi connectivity index (χ4n) is 2.64. The Kier molecular flexibility index (Phi) is 3.77. The van der Waals surface area contributed by atoms with Crippen LogP contribution in [0, 0.1) is 13.8 Å². The van der Waals surface area contributed by atoms with Crippen molar-refractivity contribution in [2.75, 3.05) is 5.32 Å². The van der Waals surface area contributed by atoms with Crippen molar-refractivity contribution in [1.82, 2.24) is 19.7 Å². The third kappa shape index (κ3) is 2.78. The van der Waals surface area contributed by atoms with Crippen LogP contribution in [0.3, 0.4) is 0 Å². The van der Waals surface area contributed by atoms with E-state index in [1.54, 1.807) is 17.1 Å². The maximum absolute atomic E-state index is 12.6. The second-order valence-electron chi connectivity index (χ2n) is 5.64. The molecule has 0 fully saturated rings. The van der Waals surface area contributed by atoms with Crippen LogP contribution in [0.25, 0.3) is 16.0 Å². The molecular formula is C18H15N5OS. The summed E-state index contributed by atoms with van der Waals surface area (Å²) in [6.45, 7) is 3.82. The van der Waals surface area contributed by atoms with E-state index in [0.29, 0.717) is 10.7 Å². The molecule has 1 amide bonds. The van der Waals surface area contributed by atoms with Crippen LogP contribution < -0.4 is 5.32 Å². The summed E-state index contributed by atoms with van der Waals surface area (Å²) in [4.78, 5) is 21.4. The third-order valence-electron chi connectivity index (χ3n) is 3.95. The van der Waals surface area contributed by atoms with Gasteiger partial charge in [0.05, 0.1) is 27.7 Å². The van der Waals surface area contributed by atoms with Crippen molar-refractivity contribution in [2.24, 2.45) is 0 Å². The second kappa shape index (κ2) is 6.10. The summed E-state index contributed by atoms with van der Waals surface area (Å²) in [5.74, 6) is 0.496.